The quantitative estimate of drug-likeness (QED) is 0.717. The van der Waals surface area contributed by atoms with Gasteiger partial charge in [-0.15, -0.1) is 0 Å². The van der Waals surface area contributed by atoms with E-state index < -0.39 is 28.9 Å². The van der Waals surface area contributed by atoms with E-state index in [1.165, 1.54) is 17.0 Å². The second kappa shape index (κ2) is 7.03. The van der Waals surface area contributed by atoms with Gasteiger partial charge in [-0.05, 0) is 18.6 Å². The average Bonchev–Trinajstić information content (AvgIpc) is 2.43. The van der Waals surface area contributed by atoms with Crippen LogP contribution >= 0.6 is 0 Å². The van der Waals surface area contributed by atoms with Crippen molar-refractivity contribution >= 4 is 15.8 Å². The lowest BCUT2D eigenvalue weighted by Crippen LogP contribution is -2.41. The minimum Gasteiger partial charge on any atom is -0.369 e. The van der Waals surface area contributed by atoms with Crippen LogP contribution < -0.4 is 10.0 Å². The molecule has 0 aliphatic rings. The topological polar surface area (TPSA) is 71.1 Å². The highest BCUT2D eigenvalue weighted by atomic mass is 32.2. The lowest BCUT2D eigenvalue weighted by atomic mass is 10.4. The van der Waals surface area contributed by atoms with Crippen molar-refractivity contribution in [2.24, 2.45) is 0 Å². The SMILES string of the molecule is CCCNc1ncccc1S(=O)(=O)NCC(F)(F)C(F)F. The Morgan fingerprint density at radius 2 is 2.05 bits per heavy atom. The zero-order valence-corrected chi connectivity index (χ0v) is 11.9. The number of pyridine rings is 1. The highest BCUT2D eigenvalue weighted by Crippen LogP contribution is 2.23. The minimum atomic E-state index is -4.44. The molecule has 0 saturated heterocycles. The molecule has 10 heteroatoms. The van der Waals surface area contributed by atoms with Crippen LogP contribution in [0.25, 0.3) is 0 Å². The molecule has 0 fully saturated rings. The Morgan fingerprint density at radius 3 is 2.62 bits per heavy atom. The van der Waals surface area contributed by atoms with E-state index in [1.807, 2.05) is 6.92 Å². The Morgan fingerprint density at radius 1 is 1.38 bits per heavy atom. The molecule has 0 bridgehead atoms. The molecule has 1 aromatic heterocycles. The molecule has 0 atom stereocenters. The van der Waals surface area contributed by atoms with Crippen molar-refractivity contribution in [2.45, 2.75) is 30.6 Å². The predicted octanol–water partition coefficient (Wildman–Crippen LogP) is 2.08. The predicted molar refractivity (Wildman–Crippen MR) is 69.2 cm³/mol. The Hall–Kier alpha value is -1.42. The fourth-order valence-electron chi connectivity index (χ4n) is 1.33. The minimum absolute atomic E-state index is 0.0211. The largest absolute Gasteiger partial charge is 0.369 e. The summed E-state index contributed by atoms with van der Waals surface area (Å²) in [6.07, 6.45) is -1.94. The van der Waals surface area contributed by atoms with Crippen molar-refractivity contribution in [3.63, 3.8) is 0 Å². The average molecular weight is 329 g/mol. The Bertz CT molecular complexity index is 566. The van der Waals surface area contributed by atoms with Gasteiger partial charge in [-0.1, -0.05) is 6.92 Å². The van der Waals surface area contributed by atoms with Crippen LogP contribution in [0.15, 0.2) is 23.2 Å². The molecule has 1 aromatic rings. The number of rotatable bonds is 8. The van der Waals surface area contributed by atoms with Gasteiger partial charge < -0.3 is 5.32 Å². The molecule has 21 heavy (non-hydrogen) atoms. The number of aromatic nitrogens is 1. The van der Waals surface area contributed by atoms with E-state index in [4.69, 9.17) is 0 Å². The molecule has 1 rings (SSSR count). The third-order valence-corrected chi connectivity index (χ3v) is 3.85. The molecule has 0 aromatic carbocycles. The lowest BCUT2D eigenvalue weighted by molar-refractivity contribution is -0.122. The number of hydrogen-bond acceptors (Lipinski definition) is 4. The molecular weight excluding hydrogens is 314 g/mol. The summed E-state index contributed by atoms with van der Waals surface area (Å²) in [4.78, 5) is 3.42. The zero-order valence-electron chi connectivity index (χ0n) is 11.1. The van der Waals surface area contributed by atoms with Crippen molar-refractivity contribution in [3.8, 4) is 0 Å². The highest BCUT2D eigenvalue weighted by Gasteiger charge is 2.41. The van der Waals surface area contributed by atoms with Crippen LogP contribution in [-0.4, -0.2) is 38.8 Å². The van der Waals surface area contributed by atoms with Crippen LogP contribution in [0.3, 0.4) is 0 Å². The van der Waals surface area contributed by atoms with Gasteiger partial charge in [-0.3, -0.25) is 0 Å². The smallest absolute Gasteiger partial charge is 0.320 e. The van der Waals surface area contributed by atoms with Gasteiger partial charge in [0.2, 0.25) is 10.0 Å². The molecule has 5 nitrogen and oxygen atoms in total. The van der Waals surface area contributed by atoms with E-state index in [1.54, 1.807) is 0 Å². The van der Waals surface area contributed by atoms with Crippen molar-refractivity contribution in [2.75, 3.05) is 18.4 Å². The molecule has 0 radical (unpaired) electrons. The van der Waals surface area contributed by atoms with E-state index in [9.17, 15) is 26.0 Å². The molecule has 0 aliphatic heterocycles. The summed E-state index contributed by atoms with van der Waals surface area (Å²) >= 11 is 0. The summed E-state index contributed by atoms with van der Waals surface area (Å²) in [5.41, 5.74) is 0. The molecule has 2 N–H and O–H groups in total. The normalized spacial score (nSPS) is 12.7. The molecule has 1 heterocycles. The second-order valence-corrected chi connectivity index (χ2v) is 5.90. The molecule has 0 saturated carbocycles. The van der Waals surface area contributed by atoms with Crippen molar-refractivity contribution < 1.29 is 26.0 Å². The van der Waals surface area contributed by atoms with Gasteiger partial charge in [0, 0.05) is 12.7 Å². The van der Waals surface area contributed by atoms with E-state index in [2.05, 4.69) is 10.3 Å². The third-order valence-electron chi connectivity index (χ3n) is 2.42. The molecule has 0 spiro atoms. The van der Waals surface area contributed by atoms with Gasteiger partial charge in [0.25, 0.3) is 0 Å². The first-order valence-corrected chi connectivity index (χ1v) is 7.53. The van der Waals surface area contributed by atoms with Crippen molar-refractivity contribution in [3.05, 3.63) is 18.3 Å². The Kier molecular flexibility index (Phi) is 5.90. The Labute approximate surface area is 119 Å². The summed E-state index contributed by atoms with van der Waals surface area (Å²) in [6, 6.07) is 2.45. The standard InChI is InChI=1S/C11H15F4N3O2S/c1-2-5-16-9-8(4-3-6-17-9)21(19,20)18-7-11(14,15)10(12)13/h3-4,6,10,18H,2,5,7H2,1H3,(H,16,17). The lowest BCUT2D eigenvalue weighted by Gasteiger charge is -2.17. The van der Waals surface area contributed by atoms with Crippen LogP contribution in [0.5, 0.6) is 0 Å². The number of nitrogens with zero attached hydrogens (tertiary/aromatic N) is 1. The first-order valence-electron chi connectivity index (χ1n) is 6.05. The number of anilines is 1. The number of hydrogen-bond donors (Lipinski definition) is 2. The number of alkyl halides is 4. The van der Waals surface area contributed by atoms with E-state index in [0.717, 1.165) is 6.07 Å². The summed E-state index contributed by atoms with van der Waals surface area (Å²) in [5, 5.41) is 2.72. The first-order chi connectivity index (χ1) is 9.70. The number of halogens is 4. The second-order valence-electron chi connectivity index (χ2n) is 4.16. The Balaban J connectivity index is 2.93. The molecular formula is C11H15F4N3O2S. The van der Waals surface area contributed by atoms with E-state index in [-0.39, 0.29) is 10.7 Å². The highest BCUT2D eigenvalue weighted by molar-refractivity contribution is 7.89. The van der Waals surface area contributed by atoms with Crippen molar-refractivity contribution in [1.82, 2.24) is 9.71 Å². The van der Waals surface area contributed by atoms with Gasteiger partial charge in [0.05, 0.1) is 6.54 Å². The van der Waals surface area contributed by atoms with Gasteiger partial charge in [-0.2, -0.15) is 8.78 Å². The van der Waals surface area contributed by atoms with Crippen LogP contribution in [0.1, 0.15) is 13.3 Å². The van der Waals surface area contributed by atoms with Gasteiger partial charge in [0.15, 0.2) is 0 Å². The van der Waals surface area contributed by atoms with Gasteiger partial charge in [0.1, 0.15) is 10.7 Å². The molecule has 0 unspecified atom stereocenters. The maximum Gasteiger partial charge on any atom is 0.320 e. The van der Waals surface area contributed by atoms with E-state index in [0.29, 0.717) is 13.0 Å². The summed E-state index contributed by atoms with van der Waals surface area (Å²) < 4.78 is 74.9. The fraction of sp³-hybridized carbons (Fsp3) is 0.545. The van der Waals surface area contributed by atoms with Crippen molar-refractivity contribution in [1.29, 1.82) is 0 Å². The third kappa shape index (κ3) is 4.81. The maximum atomic E-state index is 12.8. The number of sulfonamides is 1. The van der Waals surface area contributed by atoms with Crippen LogP contribution in [0, 0.1) is 0 Å². The van der Waals surface area contributed by atoms with E-state index >= 15 is 0 Å². The maximum absolute atomic E-state index is 12.8. The first kappa shape index (κ1) is 17.6. The van der Waals surface area contributed by atoms with Crippen LogP contribution in [0.2, 0.25) is 0 Å². The van der Waals surface area contributed by atoms with Crippen LogP contribution in [0.4, 0.5) is 23.4 Å². The molecule has 0 amide bonds. The molecule has 120 valence electrons. The zero-order chi connectivity index (χ0) is 16.1. The fourth-order valence-corrected chi connectivity index (χ4v) is 2.50. The van der Waals surface area contributed by atoms with Gasteiger partial charge >= 0.3 is 12.3 Å². The summed E-state index contributed by atoms with van der Waals surface area (Å²) in [7, 11) is -4.38. The number of nitrogens with one attached hydrogen (secondary N) is 2. The monoisotopic (exact) mass is 329 g/mol. The van der Waals surface area contributed by atoms with Gasteiger partial charge in [-0.25, -0.2) is 26.9 Å². The molecule has 0 aliphatic carbocycles. The van der Waals surface area contributed by atoms with Crippen LogP contribution in [-0.2, 0) is 10.0 Å². The summed E-state index contributed by atoms with van der Waals surface area (Å²) in [6.45, 7) is 0.577. The summed E-state index contributed by atoms with van der Waals surface area (Å²) in [5.74, 6) is -4.46.